The van der Waals surface area contributed by atoms with Gasteiger partial charge in [-0.05, 0) is 48.0 Å². The molecule has 0 saturated heterocycles. The lowest BCUT2D eigenvalue weighted by molar-refractivity contribution is 0.319. The van der Waals surface area contributed by atoms with E-state index in [-0.39, 0.29) is 11.3 Å². The van der Waals surface area contributed by atoms with Crippen molar-refractivity contribution in [1.29, 1.82) is 0 Å². The van der Waals surface area contributed by atoms with E-state index in [1.165, 1.54) is 35.1 Å². The van der Waals surface area contributed by atoms with Crippen molar-refractivity contribution in [2.45, 2.75) is 13.1 Å². The Morgan fingerprint density at radius 2 is 1.88 bits per heavy atom. The van der Waals surface area contributed by atoms with Crippen molar-refractivity contribution < 1.29 is 8.78 Å². The Morgan fingerprint density at radius 1 is 1.06 bits per heavy atom. The molecule has 5 rings (SSSR count). The molecule has 0 unspecified atom stereocenters. The summed E-state index contributed by atoms with van der Waals surface area (Å²) < 4.78 is 28.3. The number of hydrogen-bond acceptors (Lipinski definition) is 5. The maximum Gasteiger partial charge on any atom is 0.188 e. The zero-order valence-electron chi connectivity index (χ0n) is 17.4. The maximum absolute atomic E-state index is 14.2. The third-order valence-electron chi connectivity index (χ3n) is 5.43. The Balaban J connectivity index is 1.54. The van der Waals surface area contributed by atoms with Crippen molar-refractivity contribution in [3.63, 3.8) is 0 Å². The highest BCUT2D eigenvalue weighted by Crippen LogP contribution is 2.41. The molecule has 1 N–H and O–H groups in total. The van der Waals surface area contributed by atoms with Gasteiger partial charge >= 0.3 is 0 Å². The summed E-state index contributed by atoms with van der Waals surface area (Å²) in [6.07, 6.45) is 3.60. The smallest absolute Gasteiger partial charge is 0.188 e. The van der Waals surface area contributed by atoms with E-state index >= 15 is 0 Å². The Bertz CT molecular complexity index is 1300. The summed E-state index contributed by atoms with van der Waals surface area (Å²) >= 11 is 1.46. The van der Waals surface area contributed by atoms with Crippen LogP contribution in [0.5, 0.6) is 0 Å². The number of thiazole rings is 1. The summed E-state index contributed by atoms with van der Waals surface area (Å²) in [6.45, 7) is 5.32. The van der Waals surface area contributed by atoms with Gasteiger partial charge < -0.3 is 5.32 Å². The molecular formula is C25H20F2N4S. The first-order valence-electron chi connectivity index (χ1n) is 10.1. The van der Waals surface area contributed by atoms with E-state index in [9.17, 15) is 8.78 Å². The Labute approximate surface area is 188 Å². The van der Waals surface area contributed by atoms with E-state index in [1.807, 2.05) is 25.4 Å². The molecule has 1 aliphatic rings. The third kappa shape index (κ3) is 3.81. The molecule has 2 aromatic heterocycles. The van der Waals surface area contributed by atoms with Crippen molar-refractivity contribution in [2.24, 2.45) is 0 Å². The first-order valence-corrected chi connectivity index (χ1v) is 10.9. The summed E-state index contributed by atoms with van der Waals surface area (Å²) in [5, 5.41) is 3.57. The van der Waals surface area contributed by atoms with Gasteiger partial charge in [-0.2, -0.15) is 0 Å². The molecule has 0 aliphatic carbocycles. The summed E-state index contributed by atoms with van der Waals surface area (Å²) in [7, 11) is 2.05. The molecule has 0 spiro atoms. The van der Waals surface area contributed by atoms with E-state index in [2.05, 4.69) is 40.0 Å². The van der Waals surface area contributed by atoms with E-state index < -0.39 is 11.6 Å². The van der Waals surface area contributed by atoms with Crippen LogP contribution in [0.25, 0.3) is 27.3 Å². The number of pyridine rings is 1. The number of rotatable bonds is 4. The lowest BCUT2D eigenvalue weighted by Gasteiger charge is -2.14. The van der Waals surface area contributed by atoms with Crippen LogP contribution in [0, 0.1) is 11.6 Å². The topological polar surface area (TPSA) is 41.1 Å². The second-order valence-electron chi connectivity index (χ2n) is 7.78. The second kappa shape index (κ2) is 8.26. The molecule has 0 radical (unpaired) electrons. The highest BCUT2D eigenvalue weighted by Gasteiger charge is 2.23. The zero-order chi connectivity index (χ0) is 22.2. The number of aromatic nitrogens is 2. The van der Waals surface area contributed by atoms with E-state index in [4.69, 9.17) is 4.98 Å². The average molecular weight is 447 g/mol. The SMILES string of the molecule is C=C(Nc1nc2c(s1)-c1cc(-c3cccnc3)ccc1CN(C)C2)c1c(F)cccc1F. The lowest BCUT2D eigenvalue weighted by Crippen LogP contribution is -2.16. The van der Waals surface area contributed by atoms with Crippen LogP contribution >= 0.6 is 11.3 Å². The van der Waals surface area contributed by atoms with Gasteiger partial charge in [0.15, 0.2) is 5.13 Å². The van der Waals surface area contributed by atoms with Gasteiger partial charge in [0.25, 0.3) is 0 Å². The standard InChI is InChI=1S/C25H20F2N4S/c1-15(23-20(26)6-3-7-21(23)27)29-25-30-22-14-31(2)13-18-9-8-16(11-19(18)24(22)32-25)17-5-4-10-28-12-17/h3-12H,1,13-14H2,2H3,(H,29,30). The fraction of sp³-hybridized carbons (Fsp3) is 0.120. The van der Waals surface area contributed by atoms with Crippen LogP contribution in [-0.4, -0.2) is 21.9 Å². The fourth-order valence-electron chi connectivity index (χ4n) is 3.94. The molecule has 160 valence electrons. The van der Waals surface area contributed by atoms with Gasteiger partial charge in [-0.3, -0.25) is 9.88 Å². The quantitative estimate of drug-likeness (QED) is 0.407. The minimum absolute atomic E-state index is 0.141. The van der Waals surface area contributed by atoms with E-state index in [0.717, 1.165) is 33.8 Å². The molecule has 4 aromatic rings. The zero-order valence-corrected chi connectivity index (χ0v) is 18.2. The van der Waals surface area contributed by atoms with Crippen LogP contribution in [0.15, 0.2) is 67.5 Å². The molecule has 0 fully saturated rings. The van der Waals surface area contributed by atoms with Crippen LogP contribution in [-0.2, 0) is 13.1 Å². The first-order chi connectivity index (χ1) is 15.5. The number of nitrogens with one attached hydrogen (secondary N) is 1. The predicted molar refractivity (Wildman–Crippen MR) is 125 cm³/mol. The van der Waals surface area contributed by atoms with Crippen molar-refractivity contribution in [3.05, 3.63) is 96.0 Å². The number of nitrogens with zero attached hydrogens (tertiary/aromatic N) is 3. The molecule has 0 atom stereocenters. The summed E-state index contributed by atoms with van der Waals surface area (Å²) in [6, 6.07) is 14.1. The van der Waals surface area contributed by atoms with Gasteiger partial charge in [-0.1, -0.05) is 42.2 Å². The second-order valence-corrected chi connectivity index (χ2v) is 8.78. The molecular weight excluding hydrogens is 426 g/mol. The summed E-state index contributed by atoms with van der Waals surface area (Å²) in [5.41, 5.74) is 5.32. The van der Waals surface area contributed by atoms with Gasteiger partial charge in [0.2, 0.25) is 0 Å². The number of anilines is 1. The summed E-state index contributed by atoms with van der Waals surface area (Å²) in [4.78, 5) is 12.2. The van der Waals surface area contributed by atoms with E-state index in [0.29, 0.717) is 11.7 Å². The molecule has 2 aromatic carbocycles. The molecule has 32 heavy (non-hydrogen) atoms. The minimum Gasteiger partial charge on any atom is -0.331 e. The van der Waals surface area contributed by atoms with Crippen LogP contribution in [0.4, 0.5) is 13.9 Å². The molecule has 0 amide bonds. The van der Waals surface area contributed by atoms with Gasteiger partial charge in [0.1, 0.15) is 11.6 Å². The van der Waals surface area contributed by atoms with Crippen molar-refractivity contribution in [3.8, 4) is 21.6 Å². The fourth-order valence-corrected chi connectivity index (χ4v) is 4.99. The number of hydrogen-bond donors (Lipinski definition) is 1. The maximum atomic E-state index is 14.2. The predicted octanol–water partition coefficient (Wildman–Crippen LogP) is 6.18. The van der Waals surface area contributed by atoms with Gasteiger partial charge in [-0.15, -0.1) is 0 Å². The molecule has 0 saturated carbocycles. The minimum atomic E-state index is -0.660. The van der Waals surface area contributed by atoms with Crippen LogP contribution in [0.2, 0.25) is 0 Å². The highest BCUT2D eigenvalue weighted by atomic mass is 32.1. The lowest BCUT2D eigenvalue weighted by atomic mass is 9.99. The largest absolute Gasteiger partial charge is 0.331 e. The third-order valence-corrected chi connectivity index (χ3v) is 6.48. The van der Waals surface area contributed by atoms with Crippen molar-refractivity contribution in [2.75, 3.05) is 12.4 Å². The number of benzene rings is 2. The van der Waals surface area contributed by atoms with E-state index in [1.54, 1.807) is 6.20 Å². The molecule has 3 heterocycles. The highest BCUT2D eigenvalue weighted by molar-refractivity contribution is 7.19. The number of fused-ring (bicyclic) bond motifs is 3. The Hall–Kier alpha value is -3.42. The number of halogens is 2. The van der Waals surface area contributed by atoms with Crippen LogP contribution < -0.4 is 5.32 Å². The molecule has 0 bridgehead atoms. The Morgan fingerprint density at radius 3 is 2.62 bits per heavy atom. The Kier molecular flexibility index (Phi) is 5.28. The molecule has 1 aliphatic heterocycles. The van der Waals surface area contributed by atoms with Crippen LogP contribution in [0.1, 0.15) is 16.8 Å². The van der Waals surface area contributed by atoms with Gasteiger partial charge in [0.05, 0.1) is 16.1 Å². The first kappa shape index (κ1) is 20.5. The monoisotopic (exact) mass is 446 g/mol. The molecule has 4 nitrogen and oxygen atoms in total. The van der Waals surface area contributed by atoms with Crippen molar-refractivity contribution in [1.82, 2.24) is 14.9 Å². The average Bonchev–Trinajstić information content (AvgIpc) is 3.10. The van der Waals surface area contributed by atoms with Crippen molar-refractivity contribution >= 4 is 22.2 Å². The van der Waals surface area contributed by atoms with Gasteiger partial charge in [-0.25, -0.2) is 13.8 Å². The summed E-state index contributed by atoms with van der Waals surface area (Å²) in [5.74, 6) is -1.32. The normalized spacial score (nSPS) is 13.2. The van der Waals surface area contributed by atoms with Crippen LogP contribution in [0.3, 0.4) is 0 Å². The molecule has 7 heteroatoms. The van der Waals surface area contributed by atoms with Gasteiger partial charge in [0, 0.05) is 36.7 Å².